The summed E-state index contributed by atoms with van der Waals surface area (Å²) in [5.41, 5.74) is 2.57. The van der Waals surface area contributed by atoms with Crippen LogP contribution in [0.2, 0.25) is 0 Å². The van der Waals surface area contributed by atoms with Crippen LogP contribution in [0.15, 0.2) is 23.4 Å². The van der Waals surface area contributed by atoms with Gasteiger partial charge in [0.25, 0.3) is 0 Å². The number of oxime groups is 1. The summed E-state index contributed by atoms with van der Waals surface area (Å²) in [6, 6.07) is 7.89. The third-order valence-corrected chi connectivity index (χ3v) is 4.05. The summed E-state index contributed by atoms with van der Waals surface area (Å²) >= 11 is 0. The number of ether oxygens (including phenoxy) is 1. The van der Waals surface area contributed by atoms with Crippen LogP contribution in [0.25, 0.3) is 0 Å². The molecule has 1 atom stereocenters. The van der Waals surface area contributed by atoms with Crippen LogP contribution < -0.4 is 4.74 Å². The van der Waals surface area contributed by atoms with Gasteiger partial charge in [-0.05, 0) is 24.1 Å². The van der Waals surface area contributed by atoms with E-state index in [1.54, 1.807) is 7.11 Å². The Kier molecular flexibility index (Phi) is 5.18. The van der Waals surface area contributed by atoms with Gasteiger partial charge in [0.05, 0.1) is 18.4 Å². The number of methoxy groups -OCH3 is 1. The van der Waals surface area contributed by atoms with E-state index in [1.165, 1.54) is 0 Å². The Bertz CT molecular complexity index is 563. The van der Waals surface area contributed by atoms with Crippen LogP contribution in [0.1, 0.15) is 30.9 Å². The van der Waals surface area contributed by atoms with Gasteiger partial charge in [-0.25, -0.2) is 0 Å². The highest BCUT2D eigenvalue weighted by molar-refractivity contribution is 5.87. The van der Waals surface area contributed by atoms with Crippen molar-refractivity contribution in [2.24, 2.45) is 11.1 Å². The number of nitrogens with zero attached hydrogens (tertiary/aromatic N) is 3. The quantitative estimate of drug-likeness (QED) is 0.682. The smallest absolute Gasteiger partial charge is 0.136 e. The number of nitriles is 1. The predicted octanol–water partition coefficient (Wildman–Crippen LogP) is 2.63. The summed E-state index contributed by atoms with van der Waals surface area (Å²) < 4.78 is 5.16. The minimum atomic E-state index is 0.317. The predicted molar refractivity (Wildman–Crippen MR) is 80.6 cm³/mol. The van der Waals surface area contributed by atoms with E-state index in [4.69, 9.17) is 15.2 Å². The van der Waals surface area contributed by atoms with E-state index in [-0.39, 0.29) is 0 Å². The van der Waals surface area contributed by atoms with E-state index in [2.05, 4.69) is 23.0 Å². The van der Waals surface area contributed by atoms with Gasteiger partial charge in [0, 0.05) is 32.0 Å². The third kappa shape index (κ3) is 3.53. The maximum atomic E-state index is 9.14. The fourth-order valence-corrected chi connectivity index (χ4v) is 2.82. The minimum absolute atomic E-state index is 0.317. The molecule has 2 rings (SSSR count). The lowest BCUT2D eigenvalue weighted by Gasteiger charge is -2.32. The fraction of sp³-hybridized carbons (Fsp3) is 0.500. The van der Waals surface area contributed by atoms with Gasteiger partial charge in [-0.15, -0.1) is 0 Å². The fourth-order valence-electron chi connectivity index (χ4n) is 2.82. The highest BCUT2D eigenvalue weighted by Crippen LogP contribution is 2.22. The van der Waals surface area contributed by atoms with Crippen LogP contribution in [-0.2, 0) is 6.54 Å². The molecule has 21 heavy (non-hydrogen) atoms. The molecule has 0 saturated carbocycles. The lowest BCUT2D eigenvalue weighted by molar-refractivity contribution is 0.220. The Hall–Kier alpha value is -2.06. The van der Waals surface area contributed by atoms with Gasteiger partial charge in [-0.1, -0.05) is 18.1 Å². The van der Waals surface area contributed by atoms with Crippen LogP contribution in [0.5, 0.6) is 5.75 Å². The molecule has 1 heterocycles. The zero-order valence-electron chi connectivity index (χ0n) is 12.5. The molecule has 1 fully saturated rings. The Balaban J connectivity index is 2.07. The van der Waals surface area contributed by atoms with Crippen molar-refractivity contribution in [3.8, 4) is 11.8 Å². The summed E-state index contributed by atoms with van der Waals surface area (Å²) in [7, 11) is 1.57. The standard InChI is InChI=1S/C16H21N3O2/c1-3-13-11-19(7-6-15(13)18-20)10-12-4-5-16(21-2)14(8-12)9-17/h4-5,8,13,20H,3,6-7,10-11H2,1-2H3/b18-15+. The Labute approximate surface area is 125 Å². The number of benzene rings is 1. The summed E-state index contributed by atoms with van der Waals surface area (Å²) in [4.78, 5) is 2.34. The normalized spacial score (nSPS) is 21.2. The lowest BCUT2D eigenvalue weighted by atomic mass is 9.93. The molecule has 0 amide bonds. The molecule has 1 aromatic rings. The molecule has 1 aliphatic heterocycles. The van der Waals surface area contributed by atoms with Crippen LogP contribution in [-0.4, -0.2) is 36.0 Å². The molecule has 0 aromatic heterocycles. The van der Waals surface area contributed by atoms with E-state index in [1.807, 2.05) is 18.2 Å². The van der Waals surface area contributed by atoms with Crippen molar-refractivity contribution < 1.29 is 9.94 Å². The molecular weight excluding hydrogens is 266 g/mol. The second-order valence-corrected chi connectivity index (χ2v) is 5.33. The highest BCUT2D eigenvalue weighted by atomic mass is 16.5. The third-order valence-electron chi connectivity index (χ3n) is 4.05. The first-order valence-corrected chi connectivity index (χ1v) is 7.22. The van der Waals surface area contributed by atoms with Crippen molar-refractivity contribution in [3.63, 3.8) is 0 Å². The Morgan fingerprint density at radius 3 is 2.95 bits per heavy atom. The van der Waals surface area contributed by atoms with E-state index < -0.39 is 0 Å². The number of piperidine rings is 1. The highest BCUT2D eigenvalue weighted by Gasteiger charge is 2.24. The maximum Gasteiger partial charge on any atom is 0.136 e. The molecule has 112 valence electrons. The Morgan fingerprint density at radius 1 is 1.52 bits per heavy atom. The van der Waals surface area contributed by atoms with E-state index in [9.17, 15) is 0 Å². The lowest BCUT2D eigenvalue weighted by Crippen LogP contribution is -2.40. The topological polar surface area (TPSA) is 68.8 Å². The molecule has 0 aliphatic carbocycles. The molecule has 0 radical (unpaired) electrons. The molecule has 0 spiro atoms. The largest absolute Gasteiger partial charge is 0.495 e. The van der Waals surface area contributed by atoms with Crippen molar-refractivity contribution in [1.29, 1.82) is 5.26 Å². The average molecular weight is 287 g/mol. The first kappa shape index (κ1) is 15.3. The van der Waals surface area contributed by atoms with Crippen molar-refractivity contribution in [1.82, 2.24) is 4.90 Å². The van der Waals surface area contributed by atoms with Gasteiger partial charge >= 0.3 is 0 Å². The van der Waals surface area contributed by atoms with Crippen molar-refractivity contribution in [3.05, 3.63) is 29.3 Å². The van der Waals surface area contributed by atoms with E-state index >= 15 is 0 Å². The molecular formula is C16H21N3O2. The van der Waals surface area contributed by atoms with Gasteiger partial charge in [-0.3, -0.25) is 4.90 Å². The molecule has 0 bridgehead atoms. The molecule has 5 heteroatoms. The molecule has 5 nitrogen and oxygen atoms in total. The molecule has 1 N–H and O–H groups in total. The summed E-state index contributed by atoms with van der Waals surface area (Å²) in [5, 5.41) is 21.6. The van der Waals surface area contributed by atoms with Crippen LogP contribution >= 0.6 is 0 Å². The first-order valence-electron chi connectivity index (χ1n) is 7.22. The van der Waals surface area contributed by atoms with Gasteiger partial charge in [0.15, 0.2) is 0 Å². The number of hydrogen-bond donors (Lipinski definition) is 1. The number of likely N-dealkylation sites (tertiary alicyclic amines) is 1. The van der Waals surface area contributed by atoms with Crippen LogP contribution in [0, 0.1) is 17.2 Å². The van der Waals surface area contributed by atoms with E-state index in [0.717, 1.165) is 43.8 Å². The summed E-state index contributed by atoms with van der Waals surface area (Å²) in [6.45, 7) is 4.68. The molecule has 1 unspecified atom stereocenters. The van der Waals surface area contributed by atoms with Gasteiger partial charge in [0.2, 0.25) is 0 Å². The van der Waals surface area contributed by atoms with Crippen molar-refractivity contribution in [2.75, 3.05) is 20.2 Å². The monoisotopic (exact) mass is 287 g/mol. The second-order valence-electron chi connectivity index (χ2n) is 5.33. The van der Waals surface area contributed by atoms with Gasteiger partial charge < -0.3 is 9.94 Å². The summed E-state index contributed by atoms with van der Waals surface area (Å²) in [6.07, 6.45) is 1.78. The van der Waals surface area contributed by atoms with Crippen LogP contribution in [0.3, 0.4) is 0 Å². The van der Waals surface area contributed by atoms with Gasteiger partial charge in [0.1, 0.15) is 11.8 Å². The second kappa shape index (κ2) is 7.09. The SMILES string of the molecule is CCC1CN(Cc2ccc(OC)c(C#N)c2)CC/C1=N\O. The van der Waals surface area contributed by atoms with Gasteiger partial charge in [-0.2, -0.15) is 5.26 Å². The Morgan fingerprint density at radius 2 is 2.33 bits per heavy atom. The molecule has 1 aliphatic rings. The van der Waals surface area contributed by atoms with Crippen molar-refractivity contribution in [2.45, 2.75) is 26.3 Å². The zero-order valence-corrected chi connectivity index (χ0v) is 12.5. The molecule has 1 saturated heterocycles. The average Bonchev–Trinajstić information content (AvgIpc) is 2.54. The van der Waals surface area contributed by atoms with Crippen molar-refractivity contribution >= 4 is 5.71 Å². The summed E-state index contributed by atoms with van der Waals surface area (Å²) in [5.74, 6) is 0.929. The number of rotatable bonds is 4. The van der Waals surface area contributed by atoms with E-state index in [0.29, 0.717) is 17.2 Å². The number of hydrogen-bond acceptors (Lipinski definition) is 5. The van der Waals surface area contributed by atoms with Crippen LogP contribution in [0.4, 0.5) is 0 Å². The first-order chi connectivity index (χ1) is 10.2. The zero-order chi connectivity index (χ0) is 15.2. The maximum absolute atomic E-state index is 9.14. The minimum Gasteiger partial charge on any atom is -0.495 e. The molecule has 1 aromatic carbocycles.